The average molecular weight is 306 g/mol. The Labute approximate surface area is 127 Å². The third-order valence-corrected chi connectivity index (χ3v) is 5.87. The van der Waals surface area contributed by atoms with Gasteiger partial charge < -0.3 is 4.90 Å². The first-order valence-corrected chi connectivity index (χ1v) is 9.15. The van der Waals surface area contributed by atoms with Gasteiger partial charge >= 0.3 is 0 Å². The van der Waals surface area contributed by atoms with Gasteiger partial charge in [0.25, 0.3) is 0 Å². The highest BCUT2D eigenvalue weighted by Crippen LogP contribution is 2.20. The van der Waals surface area contributed by atoms with Crippen molar-refractivity contribution < 1.29 is 8.42 Å². The molecule has 1 unspecified atom stereocenters. The van der Waals surface area contributed by atoms with Crippen molar-refractivity contribution in [2.24, 2.45) is 5.92 Å². The van der Waals surface area contributed by atoms with E-state index in [9.17, 15) is 8.42 Å². The predicted octanol–water partition coefficient (Wildman–Crippen LogP) is 2.45. The molecule has 1 saturated heterocycles. The minimum absolute atomic E-state index is 0.123. The fourth-order valence-electron chi connectivity index (χ4n) is 2.81. The van der Waals surface area contributed by atoms with E-state index in [1.165, 1.54) is 12.5 Å². The molecule has 0 aromatic heterocycles. The lowest BCUT2D eigenvalue weighted by Gasteiger charge is -2.32. The van der Waals surface area contributed by atoms with Gasteiger partial charge in [0.2, 0.25) is 0 Å². The maximum absolute atomic E-state index is 12.4. The third kappa shape index (κ3) is 4.29. The molecular weight excluding hydrogens is 284 g/mol. The van der Waals surface area contributed by atoms with Gasteiger partial charge in [0.1, 0.15) is 0 Å². The second-order valence-corrected chi connectivity index (χ2v) is 7.78. The molecule has 1 atom stereocenters. The van der Waals surface area contributed by atoms with Gasteiger partial charge in [0, 0.05) is 13.1 Å². The van der Waals surface area contributed by atoms with Gasteiger partial charge in [0.15, 0.2) is 9.84 Å². The van der Waals surface area contributed by atoms with E-state index in [-0.39, 0.29) is 10.6 Å². The van der Waals surface area contributed by atoms with Crippen molar-refractivity contribution >= 4 is 9.84 Å². The van der Waals surface area contributed by atoms with E-state index in [4.69, 9.17) is 5.26 Å². The molecule has 2 rings (SSSR count). The molecule has 1 aromatic rings. The van der Waals surface area contributed by atoms with E-state index < -0.39 is 9.84 Å². The highest BCUT2D eigenvalue weighted by molar-refractivity contribution is 7.91. The maximum atomic E-state index is 12.4. The number of hydrogen-bond acceptors (Lipinski definition) is 4. The molecule has 1 heterocycles. The minimum atomic E-state index is -3.31. The number of likely N-dealkylation sites (tertiary alicyclic amines) is 1. The van der Waals surface area contributed by atoms with Gasteiger partial charge in [-0.2, -0.15) is 5.26 Å². The molecule has 0 N–H and O–H groups in total. The van der Waals surface area contributed by atoms with Crippen molar-refractivity contribution in [1.29, 1.82) is 5.26 Å². The second-order valence-electron chi connectivity index (χ2n) is 5.68. The lowest BCUT2D eigenvalue weighted by molar-refractivity contribution is 0.180. The van der Waals surface area contributed by atoms with Crippen LogP contribution in [0.1, 0.15) is 31.7 Å². The maximum Gasteiger partial charge on any atom is 0.179 e. The Bertz CT molecular complexity index is 619. The van der Waals surface area contributed by atoms with Crippen LogP contribution in [0.15, 0.2) is 29.2 Å². The van der Waals surface area contributed by atoms with Crippen molar-refractivity contribution in [1.82, 2.24) is 4.90 Å². The van der Waals surface area contributed by atoms with Crippen molar-refractivity contribution in [2.45, 2.75) is 31.1 Å². The number of nitrogens with zero attached hydrogens (tertiary/aromatic N) is 2. The van der Waals surface area contributed by atoms with E-state index in [0.717, 1.165) is 25.9 Å². The fourth-order valence-corrected chi connectivity index (χ4v) is 4.14. The summed E-state index contributed by atoms with van der Waals surface area (Å²) < 4.78 is 24.7. The molecule has 5 heteroatoms. The standard InChI is InChI=1S/C16H22N2O2S/c1-2-14-6-4-8-18(13-14)9-10-21(19,20)16-7-3-5-15(11-16)12-17/h3,5,7,11,14H,2,4,6,8-10,13H2,1H3. The van der Waals surface area contributed by atoms with Crippen molar-refractivity contribution in [3.05, 3.63) is 29.8 Å². The molecule has 0 radical (unpaired) electrons. The lowest BCUT2D eigenvalue weighted by Crippen LogP contribution is -2.38. The van der Waals surface area contributed by atoms with Crippen LogP contribution in [0.25, 0.3) is 0 Å². The highest BCUT2D eigenvalue weighted by atomic mass is 32.2. The van der Waals surface area contributed by atoms with E-state index in [1.54, 1.807) is 18.2 Å². The average Bonchev–Trinajstić information content (AvgIpc) is 2.53. The Morgan fingerprint density at radius 2 is 2.24 bits per heavy atom. The summed E-state index contributed by atoms with van der Waals surface area (Å²) in [7, 11) is -3.31. The molecule has 0 saturated carbocycles. The molecule has 4 nitrogen and oxygen atoms in total. The SMILES string of the molecule is CCC1CCCN(CCS(=O)(=O)c2cccc(C#N)c2)C1. The van der Waals surface area contributed by atoms with Crippen LogP contribution in [0.2, 0.25) is 0 Å². The van der Waals surface area contributed by atoms with Crippen LogP contribution in [0.5, 0.6) is 0 Å². The summed E-state index contributed by atoms with van der Waals surface area (Å²) in [5.41, 5.74) is 0.389. The molecule has 1 aliphatic heterocycles. The van der Waals surface area contributed by atoms with Gasteiger partial charge in [-0.15, -0.1) is 0 Å². The highest BCUT2D eigenvalue weighted by Gasteiger charge is 2.21. The summed E-state index contributed by atoms with van der Waals surface area (Å²) in [5.74, 6) is 0.821. The topological polar surface area (TPSA) is 61.2 Å². The number of rotatable bonds is 5. The van der Waals surface area contributed by atoms with Crippen LogP contribution < -0.4 is 0 Å². The number of hydrogen-bond donors (Lipinski definition) is 0. The smallest absolute Gasteiger partial charge is 0.179 e. The number of sulfone groups is 1. The quantitative estimate of drug-likeness (QED) is 0.838. The van der Waals surface area contributed by atoms with Crippen LogP contribution in [-0.2, 0) is 9.84 Å². The van der Waals surface area contributed by atoms with Gasteiger partial charge in [0.05, 0.1) is 22.3 Å². The molecule has 1 fully saturated rings. The molecule has 1 aromatic carbocycles. The van der Waals surface area contributed by atoms with Gasteiger partial charge in [-0.05, 0) is 43.5 Å². The number of nitriles is 1. The van der Waals surface area contributed by atoms with E-state index in [1.807, 2.05) is 6.07 Å². The monoisotopic (exact) mass is 306 g/mol. The zero-order chi connectivity index (χ0) is 15.3. The first-order valence-electron chi connectivity index (χ1n) is 7.50. The van der Waals surface area contributed by atoms with E-state index >= 15 is 0 Å². The predicted molar refractivity (Wildman–Crippen MR) is 82.7 cm³/mol. The van der Waals surface area contributed by atoms with Gasteiger partial charge in [-0.25, -0.2) is 8.42 Å². The van der Waals surface area contributed by atoms with Crippen LogP contribution in [-0.4, -0.2) is 38.7 Å². The first-order chi connectivity index (χ1) is 10.0. The van der Waals surface area contributed by atoms with Crippen molar-refractivity contribution in [3.8, 4) is 6.07 Å². The Kier molecular flexibility index (Phi) is 5.38. The molecule has 0 amide bonds. The molecular formula is C16H22N2O2S. The summed E-state index contributed by atoms with van der Waals surface area (Å²) in [6, 6.07) is 8.26. The van der Waals surface area contributed by atoms with Crippen LogP contribution in [0.4, 0.5) is 0 Å². The Balaban J connectivity index is 1.99. The normalized spacial score (nSPS) is 20.1. The molecule has 0 aliphatic carbocycles. The number of benzene rings is 1. The Morgan fingerprint density at radius 1 is 1.43 bits per heavy atom. The largest absolute Gasteiger partial charge is 0.302 e. The molecule has 21 heavy (non-hydrogen) atoms. The zero-order valence-corrected chi connectivity index (χ0v) is 13.3. The lowest BCUT2D eigenvalue weighted by atomic mass is 9.96. The van der Waals surface area contributed by atoms with Crippen molar-refractivity contribution in [3.63, 3.8) is 0 Å². The first kappa shape index (κ1) is 16.0. The summed E-state index contributed by atoms with van der Waals surface area (Å²) in [5, 5.41) is 8.86. The van der Waals surface area contributed by atoms with Crippen LogP contribution in [0.3, 0.4) is 0 Å². The van der Waals surface area contributed by atoms with Gasteiger partial charge in [-0.3, -0.25) is 0 Å². The summed E-state index contributed by atoms with van der Waals surface area (Å²) in [4.78, 5) is 2.51. The summed E-state index contributed by atoms with van der Waals surface area (Å²) in [6.45, 7) is 4.77. The second kappa shape index (κ2) is 7.06. The van der Waals surface area contributed by atoms with Gasteiger partial charge in [-0.1, -0.05) is 19.4 Å². The molecule has 0 bridgehead atoms. The molecule has 0 spiro atoms. The Morgan fingerprint density at radius 3 is 2.95 bits per heavy atom. The van der Waals surface area contributed by atoms with Crippen LogP contribution >= 0.6 is 0 Å². The summed E-state index contributed by atoms with van der Waals surface area (Å²) in [6.07, 6.45) is 3.57. The third-order valence-electron chi connectivity index (χ3n) is 4.18. The molecule has 114 valence electrons. The van der Waals surface area contributed by atoms with Crippen LogP contribution in [0, 0.1) is 17.2 Å². The minimum Gasteiger partial charge on any atom is -0.302 e. The van der Waals surface area contributed by atoms with Crippen molar-refractivity contribution in [2.75, 3.05) is 25.4 Å². The zero-order valence-electron chi connectivity index (χ0n) is 12.5. The summed E-state index contributed by atoms with van der Waals surface area (Å²) >= 11 is 0. The Hall–Kier alpha value is -1.38. The molecule has 1 aliphatic rings. The fraction of sp³-hybridized carbons (Fsp3) is 0.562. The van der Waals surface area contributed by atoms with E-state index in [0.29, 0.717) is 18.0 Å². The van der Waals surface area contributed by atoms with E-state index in [2.05, 4.69) is 11.8 Å². The number of piperidine rings is 1.